The molecular weight excluding hydrogens is 500 g/mol. The van der Waals surface area contributed by atoms with Crippen LogP contribution in [0.2, 0.25) is 0 Å². The SMILES string of the molecule is CCOc1ccccc1-n1c(C(C)N(CCN(C)C)C(=O)c2ccc(C(C)(C)C)cc2)nc2ccccc2c1=O. The number of fused-ring (bicyclic) bond motifs is 1. The molecule has 0 bridgehead atoms. The van der Waals surface area contributed by atoms with Crippen molar-refractivity contribution in [3.63, 3.8) is 0 Å². The van der Waals surface area contributed by atoms with Crippen LogP contribution in [-0.4, -0.2) is 59.0 Å². The van der Waals surface area contributed by atoms with Gasteiger partial charge >= 0.3 is 0 Å². The zero-order chi connectivity index (χ0) is 29.0. The van der Waals surface area contributed by atoms with Gasteiger partial charge in [-0.1, -0.05) is 57.2 Å². The average molecular weight is 541 g/mol. The van der Waals surface area contributed by atoms with Crippen molar-refractivity contribution in [3.8, 4) is 11.4 Å². The number of carbonyl (C=O) groups excluding carboxylic acids is 1. The Balaban J connectivity index is 1.89. The summed E-state index contributed by atoms with van der Waals surface area (Å²) in [6.45, 7) is 11.9. The third-order valence-electron chi connectivity index (χ3n) is 7.10. The number of amides is 1. The van der Waals surface area contributed by atoms with Gasteiger partial charge in [-0.05, 0) is 75.3 Å². The summed E-state index contributed by atoms with van der Waals surface area (Å²) in [5.41, 5.74) is 2.74. The van der Waals surface area contributed by atoms with Crippen molar-refractivity contribution in [2.75, 3.05) is 33.8 Å². The van der Waals surface area contributed by atoms with Crippen LogP contribution < -0.4 is 10.3 Å². The van der Waals surface area contributed by atoms with E-state index in [1.54, 1.807) is 10.6 Å². The third kappa shape index (κ3) is 6.10. The molecule has 0 aliphatic heterocycles. The number of benzene rings is 3. The molecule has 4 aromatic rings. The highest BCUT2D eigenvalue weighted by molar-refractivity contribution is 5.94. The Morgan fingerprint density at radius 3 is 2.25 bits per heavy atom. The average Bonchev–Trinajstić information content (AvgIpc) is 2.93. The highest BCUT2D eigenvalue weighted by atomic mass is 16.5. The molecular formula is C33H40N4O3. The summed E-state index contributed by atoms with van der Waals surface area (Å²) in [4.78, 5) is 36.9. The lowest BCUT2D eigenvalue weighted by Gasteiger charge is -2.32. The first-order chi connectivity index (χ1) is 19.0. The summed E-state index contributed by atoms with van der Waals surface area (Å²) in [6.07, 6.45) is 0. The van der Waals surface area contributed by atoms with Crippen molar-refractivity contribution in [3.05, 3.63) is 100 Å². The number of carbonyl (C=O) groups is 1. The van der Waals surface area contributed by atoms with E-state index in [4.69, 9.17) is 9.72 Å². The molecule has 1 atom stereocenters. The molecule has 0 saturated heterocycles. The molecule has 1 unspecified atom stereocenters. The van der Waals surface area contributed by atoms with Gasteiger partial charge in [-0.2, -0.15) is 0 Å². The Bertz CT molecular complexity index is 1530. The van der Waals surface area contributed by atoms with E-state index in [-0.39, 0.29) is 16.9 Å². The number of para-hydroxylation sites is 3. The predicted molar refractivity (Wildman–Crippen MR) is 162 cm³/mol. The van der Waals surface area contributed by atoms with Crippen LogP contribution in [0.4, 0.5) is 0 Å². The highest BCUT2D eigenvalue weighted by Gasteiger charge is 2.29. The lowest BCUT2D eigenvalue weighted by molar-refractivity contribution is 0.0667. The molecule has 0 aliphatic rings. The van der Waals surface area contributed by atoms with E-state index in [0.29, 0.717) is 53.4 Å². The van der Waals surface area contributed by atoms with Gasteiger partial charge in [0.1, 0.15) is 11.6 Å². The van der Waals surface area contributed by atoms with E-state index in [2.05, 4.69) is 20.8 Å². The summed E-state index contributed by atoms with van der Waals surface area (Å²) in [7, 11) is 3.96. The van der Waals surface area contributed by atoms with Crippen molar-refractivity contribution in [2.24, 2.45) is 0 Å². The molecule has 7 nitrogen and oxygen atoms in total. The van der Waals surface area contributed by atoms with Crippen LogP contribution in [0.15, 0.2) is 77.6 Å². The fourth-order valence-electron chi connectivity index (χ4n) is 4.78. The van der Waals surface area contributed by atoms with Gasteiger partial charge in [0.15, 0.2) is 0 Å². The molecule has 4 rings (SSSR count). The number of hydrogen-bond acceptors (Lipinski definition) is 5. The van der Waals surface area contributed by atoms with Gasteiger partial charge in [0.25, 0.3) is 11.5 Å². The summed E-state index contributed by atoms with van der Waals surface area (Å²) >= 11 is 0. The molecule has 1 aromatic heterocycles. The topological polar surface area (TPSA) is 67.7 Å². The largest absolute Gasteiger partial charge is 0.492 e. The predicted octanol–water partition coefficient (Wildman–Crippen LogP) is 5.85. The summed E-state index contributed by atoms with van der Waals surface area (Å²) < 4.78 is 7.52. The van der Waals surface area contributed by atoms with Crippen molar-refractivity contribution in [1.82, 2.24) is 19.4 Å². The summed E-state index contributed by atoms with van der Waals surface area (Å²) in [5, 5.41) is 0.508. The van der Waals surface area contributed by atoms with E-state index < -0.39 is 6.04 Å². The fourth-order valence-corrected chi connectivity index (χ4v) is 4.78. The van der Waals surface area contributed by atoms with Gasteiger partial charge in [0.05, 0.1) is 29.2 Å². The van der Waals surface area contributed by atoms with Gasteiger partial charge < -0.3 is 14.5 Å². The lowest BCUT2D eigenvalue weighted by atomic mass is 9.86. The van der Waals surface area contributed by atoms with Crippen molar-refractivity contribution < 1.29 is 9.53 Å². The van der Waals surface area contributed by atoms with Crippen LogP contribution in [0.1, 0.15) is 62.4 Å². The monoisotopic (exact) mass is 540 g/mol. The van der Waals surface area contributed by atoms with Crippen LogP contribution >= 0.6 is 0 Å². The quantitative estimate of drug-likeness (QED) is 0.267. The number of rotatable bonds is 9. The maximum absolute atomic E-state index is 14.1. The van der Waals surface area contributed by atoms with Crippen molar-refractivity contribution >= 4 is 16.8 Å². The van der Waals surface area contributed by atoms with Gasteiger partial charge in [-0.15, -0.1) is 0 Å². The Labute approximate surface area is 237 Å². The summed E-state index contributed by atoms with van der Waals surface area (Å²) in [6, 6.07) is 22.1. The first-order valence-electron chi connectivity index (χ1n) is 13.8. The number of likely N-dealkylation sites (N-methyl/N-ethyl adjacent to an activating group) is 1. The molecule has 0 radical (unpaired) electrons. The second-order valence-electron chi connectivity index (χ2n) is 11.3. The van der Waals surface area contributed by atoms with Gasteiger partial charge in [0, 0.05) is 18.7 Å². The first kappa shape index (κ1) is 29.0. The molecule has 0 aliphatic carbocycles. The summed E-state index contributed by atoms with van der Waals surface area (Å²) in [5.74, 6) is 0.956. The van der Waals surface area contributed by atoms with Gasteiger partial charge in [-0.3, -0.25) is 14.2 Å². The maximum atomic E-state index is 14.1. The van der Waals surface area contributed by atoms with E-state index in [1.165, 1.54) is 0 Å². The molecule has 1 amide bonds. The minimum atomic E-state index is -0.512. The van der Waals surface area contributed by atoms with Crippen LogP contribution in [-0.2, 0) is 5.41 Å². The second kappa shape index (κ2) is 12.0. The van der Waals surface area contributed by atoms with Gasteiger partial charge in [0.2, 0.25) is 0 Å². The Hall–Kier alpha value is -3.97. The molecule has 0 fully saturated rings. The number of ether oxygens (including phenoxy) is 1. The van der Waals surface area contributed by atoms with Gasteiger partial charge in [-0.25, -0.2) is 4.98 Å². The smallest absolute Gasteiger partial charge is 0.266 e. The fraction of sp³-hybridized carbons (Fsp3) is 0.364. The molecule has 0 saturated carbocycles. The lowest BCUT2D eigenvalue weighted by Crippen LogP contribution is -2.41. The highest BCUT2D eigenvalue weighted by Crippen LogP contribution is 2.29. The number of aromatic nitrogens is 2. The van der Waals surface area contributed by atoms with Crippen LogP contribution in [0, 0.1) is 0 Å². The van der Waals surface area contributed by atoms with E-state index >= 15 is 0 Å². The van der Waals surface area contributed by atoms with E-state index in [1.807, 2.05) is 104 Å². The zero-order valence-corrected chi connectivity index (χ0v) is 24.6. The third-order valence-corrected chi connectivity index (χ3v) is 7.10. The normalized spacial score (nSPS) is 12.5. The zero-order valence-electron chi connectivity index (χ0n) is 24.6. The molecule has 7 heteroatoms. The Kier molecular flexibility index (Phi) is 8.74. The van der Waals surface area contributed by atoms with Crippen LogP contribution in [0.25, 0.3) is 16.6 Å². The van der Waals surface area contributed by atoms with Crippen LogP contribution in [0.5, 0.6) is 5.75 Å². The first-order valence-corrected chi connectivity index (χ1v) is 13.8. The Morgan fingerprint density at radius 1 is 0.950 bits per heavy atom. The van der Waals surface area contributed by atoms with E-state index in [0.717, 1.165) is 5.56 Å². The minimum absolute atomic E-state index is 0.0154. The van der Waals surface area contributed by atoms with Crippen LogP contribution in [0.3, 0.4) is 0 Å². The maximum Gasteiger partial charge on any atom is 0.266 e. The number of hydrogen-bond donors (Lipinski definition) is 0. The van der Waals surface area contributed by atoms with E-state index in [9.17, 15) is 9.59 Å². The minimum Gasteiger partial charge on any atom is -0.492 e. The molecule has 1 heterocycles. The number of nitrogens with zero attached hydrogens (tertiary/aromatic N) is 4. The molecule has 0 spiro atoms. The van der Waals surface area contributed by atoms with Crippen molar-refractivity contribution in [2.45, 2.75) is 46.1 Å². The molecule has 0 N–H and O–H groups in total. The standard InChI is InChI=1S/C33H40N4O3/c1-8-40-29-16-12-11-15-28(29)37-30(34-27-14-10-9-13-26(27)32(37)39)23(2)36(22-21-35(6)7)31(38)24-17-19-25(20-18-24)33(3,4)5/h9-20,23H,8,21-22H2,1-7H3. The second-order valence-corrected chi connectivity index (χ2v) is 11.3. The molecule has 40 heavy (non-hydrogen) atoms. The molecule has 210 valence electrons. The Morgan fingerprint density at radius 2 is 1.60 bits per heavy atom. The van der Waals surface area contributed by atoms with Crippen molar-refractivity contribution in [1.29, 1.82) is 0 Å². The molecule has 3 aromatic carbocycles.